The highest BCUT2D eigenvalue weighted by molar-refractivity contribution is 6.38. The predicted molar refractivity (Wildman–Crippen MR) is 132 cm³/mol. The first-order valence-corrected chi connectivity index (χ1v) is 11.8. The summed E-state index contributed by atoms with van der Waals surface area (Å²) in [6.07, 6.45) is 1.28. The van der Waals surface area contributed by atoms with E-state index in [1.165, 1.54) is 0 Å². The molecular weight excluding hydrogens is 466 g/mol. The number of H-pyrrole nitrogens is 1. The van der Waals surface area contributed by atoms with Crippen LogP contribution < -0.4 is 26.0 Å². The maximum Gasteiger partial charge on any atom is 0.290 e. The fraction of sp³-hybridized carbons (Fsp3) is 0.480. The maximum absolute atomic E-state index is 12.9. The smallest absolute Gasteiger partial charge is 0.290 e. The first kappa shape index (κ1) is 26.7. The first-order chi connectivity index (χ1) is 17.0. The summed E-state index contributed by atoms with van der Waals surface area (Å²) in [5.74, 6) is -2.93. The molecule has 1 aromatic carbocycles. The van der Waals surface area contributed by atoms with Crippen molar-refractivity contribution in [1.82, 2.24) is 26.3 Å². The van der Waals surface area contributed by atoms with Gasteiger partial charge in [0.05, 0.1) is 19.7 Å². The Balaban J connectivity index is 1.65. The molecule has 5 N–H and O–H groups in total. The molecule has 2 unspecified atom stereocenters. The Hall–Kier alpha value is -3.89. The van der Waals surface area contributed by atoms with Gasteiger partial charge in [0.2, 0.25) is 17.6 Å². The summed E-state index contributed by atoms with van der Waals surface area (Å²) < 4.78 is 5.18. The van der Waals surface area contributed by atoms with Crippen LogP contribution in [0.4, 0.5) is 0 Å². The summed E-state index contributed by atoms with van der Waals surface area (Å²) in [6, 6.07) is 5.74. The Kier molecular flexibility index (Phi) is 8.33. The van der Waals surface area contributed by atoms with Gasteiger partial charge in [-0.2, -0.15) is 0 Å². The van der Waals surface area contributed by atoms with E-state index in [-0.39, 0.29) is 18.0 Å². The zero-order valence-corrected chi connectivity index (χ0v) is 20.9. The molecule has 11 nitrogen and oxygen atoms in total. The monoisotopic (exact) mass is 499 g/mol. The van der Waals surface area contributed by atoms with Gasteiger partial charge >= 0.3 is 0 Å². The van der Waals surface area contributed by atoms with E-state index in [1.807, 2.05) is 0 Å². The van der Waals surface area contributed by atoms with Gasteiger partial charge in [0.1, 0.15) is 11.4 Å². The van der Waals surface area contributed by atoms with Crippen LogP contribution in [-0.2, 0) is 19.2 Å². The Morgan fingerprint density at radius 2 is 1.92 bits per heavy atom. The molecule has 4 amide bonds. The number of ether oxygens (including phenoxy) is 1. The van der Waals surface area contributed by atoms with Crippen molar-refractivity contribution in [2.75, 3.05) is 20.2 Å². The van der Waals surface area contributed by atoms with Gasteiger partial charge in [-0.3, -0.25) is 24.0 Å². The van der Waals surface area contributed by atoms with Gasteiger partial charge in [-0.05, 0) is 64.3 Å². The van der Waals surface area contributed by atoms with Crippen molar-refractivity contribution >= 4 is 40.3 Å². The lowest BCUT2D eigenvalue weighted by molar-refractivity contribution is -0.141. The van der Waals surface area contributed by atoms with E-state index in [9.17, 15) is 24.0 Å². The van der Waals surface area contributed by atoms with Crippen LogP contribution in [0.2, 0.25) is 0 Å². The lowest BCUT2D eigenvalue weighted by atomic mass is 9.89. The molecule has 0 saturated carbocycles. The number of carbonyl (C=O) groups is 5. The largest absolute Gasteiger partial charge is 0.497 e. The number of ketones is 1. The fourth-order valence-corrected chi connectivity index (χ4v) is 4.00. The molecule has 1 fully saturated rings. The number of hydrogen-bond acceptors (Lipinski definition) is 6. The molecule has 2 heterocycles. The third-order valence-electron chi connectivity index (χ3n) is 5.77. The van der Waals surface area contributed by atoms with E-state index in [2.05, 4.69) is 26.3 Å². The molecule has 1 aliphatic heterocycles. The molecule has 2 aromatic rings. The molecule has 1 aliphatic rings. The second-order valence-electron chi connectivity index (χ2n) is 9.87. The highest BCUT2D eigenvalue weighted by Gasteiger charge is 2.34. The number of aromatic amines is 1. The average Bonchev–Trinajstić information content (AvgIpc) is 3.25. The summed E-state index contributed by atoms with van der Waals surface area (Å²) in [7, 11) is 1.55. The van der Waals surface area contributed by atoms with Crippen LogP contribution in [0.1, 0.15) is 50.5 Å². The van der Waals surface area contributed by atoms with Crippen molar-refractivity contribution in [3.8, 4) is 5.75 Å². The number of methoxy groups -OCH3 is 1. The summed E-state index contributed by atoms with van der Waals surface area (Å²) in [6.45, 7) is 5.33. The number of Topliss-reactive ketones (excluding diaryl/α,β-unsaturated/α-hetero) is 1. The SMILES string of the molecule is COc1ccc2[nH]c(C(=O)NCC(=O)NC(CC3CCCNC3=O)C(=O)C(=O)NC(C)(C)C)cc2c1. The maximum atomic E-state index is 12.9. The number of aromatic nitrogens is 1. The van der Waals surface area contributed by atoms with Gasteiger partial charge < -0.3 is 31.0 Å². The van der Waals surface area contributed by atoms with Gasteiger partial charge in [0.25, 0.3) is 11.8 Å². The number of benzene rings is 1. The topological polar surface area (TPSA) is 158 Å². The number of piperidine rings is 1. The van der Waals surface area contributed by atoms with Crippen LogP contribution in [0, 0.1) is 5.92 Å². The quantitative estimate of drug-likeness (QED) is 0.321. The molecule has 3 rings (SSSR count). The summed E-state index contributed by atoms with van der Waals surface area (Å²) in [5.41, 5.74) is 0.329. The normalized spacial score (nSPS) is 16.6. The number of rotatable bonds is 9. The molecule has 2 atom stereocenters. The Labute approximate surface area is 209 Å². The Bertz CT molecular complexity index is 1170. The van der Waals surface area contributed by atoms with Crippen molar-refractivity contribution in [3.63, 3.8) is 0 Å². The molecular formula is C25H33N5O6. The van der Waals surface area contributed by atoms with Crippen LogP contribution in [0.5, 0.6) is 5.75 Å². The van der Waals surface area contributed by atoms with E-state index in [1.54, 1.807) is 52.1 Å². The molecule has 11 heteroatoms. The molecule has 194 valence electrons. The summed E-state index contributed by atoms with van der Waals surface area (Å²) in [5, 5.41) is 11.1. The standard InChI is InChI=1S/C25H33N5O6/c1-25(2,3)30-24(35)21(32)18(11-14-6-5-9-26-22(14)33)29-20(31)13-27-23(34)19-12-15-10-16(36-4)7-8-17(15)28-19/h7-8,10,12,14,18,28H,5-6,9,11,13H2,1-4H3,(H,26,33)(H,27,34)(H,29,31)(H,30,35). The van der Waals surface area contributed by atoms with Crippen molar-refractivity contribution in [2.45, 2.75) is 51.6 Å². The minimum absolute atomic E-state index is 0.00817. The minimum Gasteiger partial charge on any atom is -0.497 e. The lowest BCUT2D eigenvalue weighted by Crippen LogP contribution is -2.54. The van der Waals surface area contributed by atoms with Gasteiger partial charge in [0.15, 0.2) is 0 Å². The molecule has 1 saturated heterocycles. The van der Waals surface area contributed by atoms with E-state index in [0.717, 1.165) is 17.3 Å². The zero-order chi connectivity index (χ0) is 26.5. The predicted octanol–water partition coefficient (Wildman–Crippen LogP) is 0.791. The third kappa shape index (κ3) is 7.06. The Morgan fingerprint density at radius 3 is 2.58 bits per heavy atom. The van der Waals surface area contributed by atoms with Gasteiger partial charge in [-0.1, -0.05) is 0 Å². The average molecular weight is 500 g/mol. The van der Waals surface area contributed by atoms with Crippen molar-refractivity contribution < 1.29 is 28.7 Å². The molecule has 36 heavy (non-hydrogen) atoms. The number of carbonyl (C=O) groups excluding carboxylic acids is 5. The van der Waals surface area contributed by atoms with Gasteiger partial charge in [-0.15, -0.1) is 0 Å². The number of fused-ring (bicyclic) bond motifs is 1. The van der Waals surface area contributed by atoms with Crippen LogP contribution in [0.3, 0.4) is 0 Å². The second-order valence-corrected chi connectivity index (χ2v) is 9.87. The number of nitrogens with one attached hydrogen (secondary N) is 5. The van der Waals surface area contributed by atoms with Crippen LogP contribution >= 0.6 is 0 Å². The molecule has 0 radical (unpaired) electrons. The fourth-order valence-electron chi connectivity index (χ4n) is 4.00. The van der Waals surface area contributed by atoms with E-state index >= 15 is 0 Å². The van der Waals surface area contributed by atoms with E-state index < -0.39 is 47.5 Å². The van der Waals surface area contributed by atoms with Crippen LogP contribution in [-0.4, -0.2) is 66.2 Å². The van der Waals surface area contributed by atoms with Crippen molar-refractivity contribution in [3.05, 3.63) is 30.0 Å². The molecule has 0 bridgehead atoms. The first-order valence-electron chi connectivity index (χ1n) is 11.8. The number of amides is 4. The highest BCUT2D eigenvalue weighted by atomic mass is 16.5. The molecule has 0 aliphatic carbocycles. The van der Waals surface area contributed by atoms with Crippen LogP contribution in [0.15, 0.2) is 24.3 Å². The second kappa shape index (κ2) is 11.2. The van der Waals surface area contributed by atoms with Crippen molar-refractivity contribution in [1.29, 1.82) is 0 Å². The minimum atomic E-state index is -1.20. The van der Waals surface area contributed by atoms with Gasteiger partial charge in [-0.25, -0.2) is 0 Å². The highest BCUT2D eigenvalue weighted by Crippen LogP contribution is 2.21. The van der Waals surface area contributed by atoms with Crippen molar-refractivity contribution in [2.24, 2.45) is 5.92 Å². The Morgan fingerprint density at radius 1 is 1.17 bits per heavy atom. The van der Waals surface area contributed by atoms with E-state index in [4.69, 9.17) is 4.74 Å². The summed E-state index contributed by atoms with van der Waals surface area (Å²) >= 11 is 0. The third-order valence-corrected chi connectivity index (χ3v) is 5.77. The number of hydrogen-bond donors (Lipinski definition) is 5. The van der Waals surface area contributed by atoms with Crippen LogP contribution in [0.25, 0.3) is 10.9 Å². The molecule has 1 aromatic heterocycles. The van der Waals surface area contributed by atoms with E-state index in [0.29, 0.717) is 18.7 Å². The lowest BCUT2D eigenvalue weighted by Gasteiger charge is -2.27. The van der Waals surface area contributed by atoms with Gasteiger partial charge in [0, 0.05) is 28.9 Å². The zero-order valence-electron chi connectivity index (χ0n) is 20.9. The summed E-state index contributed by atoms with van der Waals surface area (Å²) in [4.78, 5) is 65.8. The molecule has 0 spiro atoms.